The lowest BCUT2D eigenvalue weighted by molar-refractivity contribution is 0.313. The smallest absolute Gasteiger partial charge is 0.129 e. The second-order valence-corrected chi connectivity index (χ2v) is 5.16. The highest BCUT2D eigenvalue weighted by atomic mass is 35.5. The normalized spacial score (nSPS) is 11.3. The number of hydrogen-bond acceptors (Lipinski definition) is 2. The van der Waals surface area contributed by atoms with Crippen molar-refractivity contribution in [2.24, 2.45) is 7.05 Å². The minimum atomic E-state index is -0.262. The predicted molar refractivity (Wildman–Crippen MR) is 74.5 cm³/mol. The lowest BCUT2D eigenvalue weighted by atomic mass is 10.2. The highest BCUT2D eigenvalue weighted by Crippen LogP contribution is 2.21. The van der Waals surface area contributed by atoms with E-state index in [2.05, 4.69) is 5.10 Å². The molecule has 0 unspecified atom stereocenters. The molecule has 0 bridgehead atoms. The van der Waals surface area contributed by atoms with Crippen LogP contribution in [0, 0.1) is 12.7 Å². The van der Waals surface area contributed by atoms with Crippen LogP contribution in [0.15, 0.2) is 24.4 Å². The first kappa shape index (κ1) is 14.0. The average molecular weight is 282 g/mol. The summed E-state index contributed by atoms with van der Waals surface area (Å²) in [6, 6.07) is 4.76. The Kier molecular flexibility index (Phi) is 4.22. The Hall–Kier alpha value is -1.39. The van der Waals surface area contributed by atoms with E-state index in [0.717, 1.165) is 11.3 Å². The molecule has 2 aromatic rings. The van der Waals surface area contributed by atoms with Gasteiger partial charge in [0.25, 0.3) is 0 Å². The average Bonchev–Trinajstić information content (AvgIpc) is 2.66. The first-order valence-corrected chi connectivity index (χ1v) is 6.45. The van der Waals surface area contributed by atoms with Crippen LogP contribution in [0.3, 0.4) is 0 Å². The van der Waals surface area contributed by atoms with Gasteiger partial charge in [0.1, 0.15) is 5.82 Å². The van der Waals surface area contributed by atoms with Gasteiger partial charge in [0.15, 0.2) is 0 Å². The van der Waals surface area contributed by atoms with Crippen molar-refractivity contribution in [1.29, 1.82) is 0 Å². The second kappa shape index (κ2) is 5.72. The molecule has 19 heavy (non-hydrogen) atoms. The van der Waals surface area contributed by atoms with Crippen molar-refractivity contribution in [3.05, 3.63) is 52.1 Å². The quantitative estimate of drug-likeness (QED) is 0.858. The molecule has 0 radical (unpaired) electrons. The van der Waals surface area contributed by atoms with E-state index in [4.69, 9.17) is 11.6 Å². The van der Waals surface area contributed by atoms with Crippen LogP contribution in [-0.4, -0.2) is 21.7 Å². The molecule has 1 heterocycles. The minimum Gasteiger partial charge on any atom is -0.298 e. The number of nitrogens with zero attached hydrogens (tertiary/aromatic N) is 3. The standard InChI is InChI=1S/C14H17ClFN3/c1-10-11(7-17-19(10)3)8-18(2)9-12-13(15)5-4-6-14(12)16/h4-7H,8-9H2,1-3H3. The van der Waals surface area contributed by atoms with Crippen LogP contribution in [0.5, 0.6) is 0 Å². The highest BCUT2D eigenvalue weighted by molar-refractivity contribution is 6.31. The summed E-state index contributed by atoms with van der Waals surface area (Å²) in [7, 11) is 3.85. The third-order valence-electron chi connectivity index (χ3n) is 3.27. The molecule has 5 heteroatoms. The van der Waals surface area contributed by atoms with Crippen LogP contribution in [0.4, 0.5) is 4.39 Å². The van der Waals surface area contributed by atoms with Gasteiger partial charge < -0.3 is 0 Å². The van der Waals surface area contributed by atoms with Gasteiger partial charge in [-0.3, -0.25) is 9.58 Å². The molecule has 0 aliphatic rings. The fraction of sp³-hybridized carbons (Fsp3) is 0.357. The van der Waals surface area contributed by atoms with Crippen LogP contribution < -0.4 is 0 Å². The topological polar surface area (TPSA) is 21.1 Å². The lowest BCUT2D eigenvalue weighted by Gasteiger charge is -2.17. The van der Waals surface area contributed by atoms with Crippen molar-refractivity contribution in [2.75, 3.05) is 7.05 Å². The van der Waals surface area contributed by atoms with Gasteiger partial charge in [0, 0.05) is 42.0 Å². The van der Waals surface area contributed by atoms with Gasteiger partial charge in [-0.15, -0.1) is 0 Å². The zero-order valence-electron chi connectivity index (χ0n) is 11.3. The zero-order valence-corrected chi connectivity index (χ0v) is 12.1. The molecule has 0 spiro atoms. The Bertz CT molecular complexity index is 560. The highest BCUT2D eigenvalue weighted by Gasteiger charge is 2.12. The van der Waals surface area contributed by atoms with Crippen LogP contribution in [-0.2, 0) is 20.1 Å². The molecule has 0 fully saturated rings. The number of aryl methyl sites for hydroxylation is 1. The van der Waals surface area contributed by atoms with E-state index in [1.54, 1.807) is 12.1 Å². The number of aromatic nitrogens is 2. The maximum Gasteiger partial charge on any atom is 0.129 e. The van der Waals surface area contributed by atoms with Crippen LogP contribution in [0.1, 0.15) is 16.8 Å². The number of rotatable bonds is 4. The molecule has 0 aliphatic carbocycles. The summed E-state index contributed by atoms with van der Waals surface area (Å²) in [5.41, 5.74) is 2.79. The fourth-order valence-corrected chi connectivity index (χ4v) is 2.22. The molecular formula is C14H17ClFN3. The monoisotopic (exact) mass is 281 g/mol. The third kappa shape index (κ3) is 3.14. The van der Waals surface area contributed by atoms with Gasteiger partial charge in [0.2, 0.25) is 0 Å². The summed E-state index contributed by atoms with van der Waals surface area (Å²) in [4.78, 5) is 2.02. The van der Waals surface area contributed by atoms with Crippen LogP contribution in [0.2, 0.25) is 5.02 Å². The summed E-state index contributed by atoms with van der Waals surface area (Å²) in [6.45, 7) is 3.20. The molecule has 102 valence electrons. The summed E-state index contributed by atoms with van der Waals surface area (Å²) >= 11 is 6.03. The summed E-state index contributed by atoms with van der Waals surface area (Å²) in [5.74, 6) is -0.262. The van der Waals surface area contributed by atoms with E-state index in [-0.39, 0.29) is 5.82 Å². The number of benzene rings is 1. The van der Waals surface area contributed by atoms with Crippen molar-refractivity contribution in [3.8, 4) is 0 Å². The zero-order chi connectivity index (χ0) is 14.0. The molecule has 2 rings (SSSR count). The first-order valence-electron chi connectivity index (χ1n) is 6.08. The molecule has 0 amide bonds. The van der Waals surface area contributed by atoms with Gasteiger partial charge in [-0.05, 0) is 26.1 Å². The SMILES string of the molecule is Cc1c(CN(C)Cc2c(F)cccc2Cl)cnn1C. The van der Waals surface area contributed by atoms with E-state index < -0.39 is 0 Å². The summed E-state index contributed by atoms with van der Waals surface area (Å²) < 4.78 is 15.5. The molecule has 0 saturated carbocycles. The van der Waals surface area contributed by atoms with Crippen molar-refractivity contribution in [2.45, 2.75) is 20.0 Å². The van der Waals surface area contributed by atoms with Crippen molar-refractivity contribution >= 4 is 11.6 Å². The molecule has 0 aliphatic heterocycles. The second-order valence-electron chi connectivity index (χ2n) is 4.75. The maximum atomic E-state index is 13.7. The maximum absolute atomic E-state index is 13.7. The fourth-order valence-electron chi connectivity index (χ4n) is 2.00. The van der Waals surface area contributed by atoms with E-state index in [1.807, 2.05) is 36.8 Å². The molecule has 1 aromatic heterocycles. The van der Waals surface area contributed by atoms with Crippen molar-refractivity contribution in [3.63, 3.8) is 0 Å². The summed E-state index contributed by atoms with van der Waals surface area (Å²) in [5, 5.41) is 4.67. The number of halogens is 2. The Morgan fingerprint density at radius 3 is 2.68 bits per heavy atom. The van der Waals surface area contributed by atoms with Crippen LogP contribution in [0.25, 0.3) is 0 Å². The van der Waals surface area contributed by atoms with E-state index in [0.29, 0.717) is 23.7 Å². The Morgan fingerprint density at radius 1 is 1.37 bits per heavy atom. The van der Waals surface area contributed by atoms with E-state index in [9.17, 15) is 4.39 Å². The third-order valence-corrected chi connectivity index (χ3v) is 3.62. The molecule has 1 aromatic carbocycles. The molecule has 3 nitrogen and oxygen atoms in total. The largest absolute Gasteiger partial charge is 0.298 e. The molecule has 0 atom stereocenters. The first-order chi connectivity index (χ1) is 8.99. The van der Waals surface area contributed by atoms with Crippen LogP contribution >= 0.6 is 11.6 Å². The predicted octanol–water partition coefficient (Wildman–Crippen LogP) is 3.15. The molecule has 0 N–H and O–H groups in total. The molecular weight excluding hydrogens is 265 g/mol. The Balaban J connectivity index is 2.09. The molecule has 0 saturated heterocycles. The van der Waals surface area contributed by atoms with E-state index >= 15 is 0 Å². The van der Waals surface area contributed by atoms with Gasteiger partial charge in [-0.2, -0.15) is 5.10 Å². The summed E-state index contributed by atoms with van der Waals surface area (Å²) in [6.07, 6.45) is 1.84. The van der Waals surface area contributed by atoms with Gasteiger partial charge in [0.05, 0.1) is 6.20 Å². The van der Waals surface area contributed by atoms with Gasteiger partial charge in [-0.25, -0.2) is 4.39 Å². The van der Waals surface area contributed by atoms with Gasteiger partial charge >= 0.3 is 0 Å². The van der Waals surface area contributed by atoms with Crippen molar-refractivity contribution in [1.82, 2.24) is 14.7 Å². The Morgan fingerprint density at radius 2 is 2.11 bits per heavy atom. The van der Waals surface area contributed by atoms with Crippen molar-refractivity contribution < 1.29 is 4.39 Å². The van der Waals surface area contributed by atoms with Gasteiger partial charge in [-0.1, -0.05) is 17.7 Å². The lowest BCUT2D eigenvalue weighted by Crippen LogP contribution is -2.18. The Labute approximate surface area is 117 Å². The van der Waals surface area contributed by atoms with E-state index in [1.165, 1.54) is 6.07 Å². The minimum absolute atomic E-state index is 0.262. The number of hydrogen-bond donors (Lipinski definition) is 0.